The summed E-state index contributed by atoms with van der Waals surface area (Å²) in [6, 6.07) is 9.00. The second-order valence-corrected chi connectivity index (χ2v) is 7.54. The summed E-state index contributed by atoms with van der Waals surface area (Å²) in [6.07, 6.45) is 5.26. The average Bonchev–Trinajstić information content (AvgIpc) is 3.55. The molecule has 4 rings (SSSR count). The molecular formula is C22H24N4O3. The van der Waals surface area contributed by atoms with Gasteiger partial charge in [0.2, 0.25) is 0 Å². The van der Waals surface area contributed by atoms with Crippen molar-refractivity contribution in [3.05, 3.63) is 40.7 Å². The van der Waals surface area contributed by atoms with Crippen molar-refractivity contribution < 1.29 is 14.2 Å². The Kier molecular flexibility index (Phi) is 5.80. The van der Waals surface area contributed by atoms with E-state index >= 15 is 0 Å². The predicted molar refractivity (Wildman–Crippen MR) is 104 cm³/mol. The SMILES string of the molecule is Cc1c(Oc2cc(C#N)cc(C#N)c2)c(C2CC2)nn1CCOC1CCCCO1. The molecule has 2 fully saturated rings. The zero-order valence-electron chi connectivity index (χ0n) is 16.6. The van der Waals surface area contributed by atoms with Gasteiger partial charge in [-0.15, -0.1) is 0 Å². The van der Waals surface area contributed by atoms with E-state index in [2.05, 4.69) is 12.1 Å². The number of ether oxygens (including phenoxy) is 3. The van der Waals surface area contributed by atoms with Crippen molar-refractivity contribution in [3.8, 4) is 23.6 Å². The largest absolute Gasteiger partial charge is 0.453 e. The highest BCUT2D eigenvalue weighted by Gasteiger charge is 2.32. The maximum Gasteiger partial charge on any atom is 0.171 e. The zero-order valence-corrected chi connectivity index (χ0v) is 16.6. The molecule has 1 atom stereocenters. The molecule has 0 amide bonds. The van der Waals surface area contributed by atoms with E-state index in [1.54, 1.807) is 18.2 Å². The molecule has 2 aromatic rings. The van der Waals surface area contributed by atoms with Gasteiger partial charge in [-0.3, -0.25) is 4.68 Å². The fourth-order valence-corrected chi connectivity index (χ4v) is 3.54. The molecule has 1 saturated heterocycles. The van der Waals surface area contributed by atoms with Crippen LogP contribution >= 0.6 is 0 Å². The van der Waals surface area contributed by atoms with Crippen molar-refractivity contribution in [2.75, 3.05) is 13.2 Å². The van der Waals surface area contributed by atoms with E-state index in [1.807, 2.05) is 11.6 Å². The van der Waals surface area contributed by atoms with Gasteiger partial charge in [-0.2, -0.15) is 15.6 Å². The number of aromatic nitrogens is 2. The normalized spacial score (nSPS) is 18.8. The summed E-state index contributed by atoms with van der Waals surface area (Å²) in [5, 5.41) is 23.2. The molecule has 7 heteroatoms. The van der Waals surface area contributed by atoms with Crippen LogP contribution in [-0.2, 0) is 16.0 Å². The van der Waals surface area contributed by atoms with Crippen molar-refractivity contribution in [3.63, 3.8) is 0 Å². The Balaban J connectivity index is 1.51. The first-order valence-electron chi connectivity index (χ1n) is 10.1. The smallest absolute Gasteiger partial charge is 0.171 e. The van der Waals surface area contributed by atoms with Crippen LogP contribution in [0.1, 0.15) is 60.5 Å². The number of rotatable bonds is 7. The van der Waals surface area contributed by atoms with Gasteiger partial charge in [-0.05, 0) is 57.2 Å². The molecule has 2 heterocycles. The van der Waals surface area contributed by atoms with Crippen LogP contribution in [0.15, 0.2) is 18.2 Å². The number of nitriles is 2. The van der Waals surface area contributed by atoms with E-state index < -0.39 is 0 Å². The topological polar surface area (TPSA) is 93.1 Å². The number of nitrogens with zero attached hydrogens (tertiary/aromatic N) is 4. The number of benzene rings is 1. The highest BCUT2D eigenvalue weighted by atomic mass is 16.7. The summed E-state index contributed by atoms with van der Waals surface area (Å²) >= 11 is 0. The molecule has 1 aromatic carbocycles. The average molecular weight is 392 g/mol. The predicted octanol–water partition coefficient (Wildman–Crippen LogP) is 4.15. The second kappa shape index (κ2) is 8.65. The third-order valence-electron chi connectivity index (χ3n) is 5.27. The van der Waals surface area contributed by atoms with Crippen LogP contribution in [0, 0.1) is 29.6 Å². The van der Waals surface area contributed by atoms with E-state index in [9.17, 15) is 10.5 Å². The van der Waals surface area contributed by atoms with Gasteiger partial charge in [0, 0.05) is 12.5 Å². The minimum Gasteiger partial charge on any atom is -0.453 e. The summed E-state index contributed by atoms with van der Waals surface area (Å²) < 4.78 is 19.5. The number of hydrogen-bond donors (Lipinski definition) is 0. The lowest BCUT2D eigenvalue weighted by molar-refractivity contribution is -0.163. The fourth-order valence-electron chi connectivity index (χ4n) is 3.54. The summed E-state index contributed by atoms with van der Waals surface area (Å²) in [4.78, 5) is 0. The van der Waals surface area contributed by atoms with Gasteiger partial charge in [0.05, 0.1) is 42.1 Å². The molecular weight excluding hydrogens is 368 g/mol. The molecule has 1 unspecified atom stereocenters. The minimum atomic E-state index is -0.114. The van der Waals surface area contributed by atoms with Gasteiger partial charge < -0.3 is 14.2 Å². The van der Waals surface area contributed by atoms with Gasteiger partial charge >= 0.3 is 0 Å². The first kappa shape index (κ1) is 19.4. The van der Waals surface area contributed by atoms with E-state index in [0.29, 0.717) is 35.9 Å². The summed E-state index contributed by atoms with van der Waals surface area (Å²) in [6.45, 7) is 3.89. The van der Waals surface area contributed by atoms with E-state index in [4.69, 9.17) is 19.3 Å². The Hall–Kier alpha value is -2.87. The van der Waals surface area contributed by atoms with Crippen LogP contribution in [0.3, 0.4) is 0 Å². The molecule has 0 spiro atoms. The van der Waals surface area contributed by atoms with E-state index in [1.165, 1.54) is 0 Å². The van der Waals surface area contributed by atoms with Crippen molar-refractivity contribution >= 4 is 0 Å². The second-order valence-electron chi connectivity index (χ2n) is 7.54. The third-order valence-corrected chi connectivity index (χ3v) is 5.27. The standard InChI is InChI=1S/C22H24N4O3/c1-15-22(29-19-11-16(13-23)10-17(12-19)14-24)21(18-5-6-18)25-26(15)7-9-28-20-4-2-3-8-27-20/h10-12,18,20H,2-9H2,1H3. The Morgan fingerprint density at radius 3 is 2.52 bits per heavy atom. The van der Waals surface area contributed by atoms with Gasteiger partial charge in [-0.25, -0.2) is 0 Å². The highest BCUT2D eigenvalue weighted by molar-refractivity contribution is 5.48. The molecule has 1 aliphatic heterocycles. The minimum absolute atomic E-state index is 0.114. The number of hydrogen-bond acceptors (Lipinski definition) is 6. The van der Waals surface area contributed by atoms with Crippen molar-refractivity contribution in [2.24, 2.45) is 0 Å². The Morgan fingerprint density at radius 2 is 1.90 bits per heavy atom. The molecule has 0 bridgehead atoms. The Labute approximate surface area is 170 Å². The van der Waals surface area contributed by atoms with Gasteiger partial charge in [0.15, 0.2) is 12.0 Å². The van der Waals surface area contributed by atoms with Crippen LogP contribution in [0.2, 0.25) is 0 Å². The van der Waals surface area contributed by atoms with Crippen LogP contribution in [0.25, 0.3) is 0 Å². The van der Waals surface area contributed by atoms with E-state index in [-0.39, 0.29) is 6.29 Å². The summed E-state index contributed by atoms with van der Waals surface area (Å²) in [7, 11) is 0. The maximum atomic E-state index is 9.21. The van der Waals surface area contributed by atoms with E-state index in [0.717, 1.165) is 55.8 Å². The summed E-state index contributed by atoms with van der Waals surface area (Å²) in [5.41, 5.74) is 2.66. The molecule has 2 aliphatic rings. The summed E-state index contributed by atoms with van der Waals surface area (Å²) in [5.74, 6) is 1.61. The highest BCUT2D eigenvalue weighted by Crippen LogP contribution is 2.46. The first-order valence-corrected chi connectivity index (χ1v) is 10.1. The van der Waals surface area contributed by atoms with Crippen LogP contribution in [-0.4, -0.2) is 29.3 Å². The van der Waals surface area contributed by atoms with Crippen molar-refractivity contribution in [1.29, 1.82) is 10.5 Å². The zero-order chi connectivity index (χ0) is 20.2. The lowest BCUT2D eigenvalue weighted by Crippen LogP contribution is -2.24. The monoisotopic (exact) mass is 392 g/mol. The maximum absolute atomic E-state index is 9.21. The molecule has 1 saturated carbocycles. The van der Waals surface area contributed by atoms with Gasteiger partial charge in [-0.1, -0.05) is 0 Å². The van der Waals surface area contributed by atoms with Gasteiger partial charge in [0.25, 0.3) is 0 Å². The third kappa shape index (κ3) is 4.59. The molecule has 0 radical (unpaired) electrons. The lowest BCUT2D eigenvalue weighted by Gasteiger charge is -2.22. The molecule has 1 aromatic heterocycles. The molecule has 1 aliphatic carbocycles. The van der Waals surface area contributed by atoms with Gasteiger partial charge in [0.1, 0.15) is 11.4 Å². The van der Waals surface area contributed by atoms with Crippen LogP contribution in [0.4, 0.5) is 0 Å². The molecule has 7 nitrogen and oxygen atoms in total. The quantitative estimate of drug-likeness (QED) is 0.703. The Bertz CT molecular complexity index is 927. The molecule has 150 valence electrons. The van der Waals surface area contributed by atoms with Crippen molar-refractivity contribution in [2.45, 2.75) is 57.8 Å². The fraction of sp³-hybridized carbons (Fsp3) is 0.500. The van der Waals surface area contributed by atoms with Crippen LogP contribution < -0.4 is 4.74 Å². The lowest BCUT2D eigenvalue weighted by atomic mass is 10.1. The molecule has 29 heavy (non-hydrogen) atoms. The Morgan fingerprint density at radius 1 is 1.14 bits per heavy atom. The van der Waals surface area contributed by atoms with Crippen molar-refractivity contribution in [1.82, 2.24) is 9.78 Å². The van der Waals surface area contributed by atoms with Crippen LogP contribution in [0.5, 0.6) is 11.5 Å². The molecule has 0 N–H and O–H groups in total. The first-order chi connectivity index (χ1) is 14.2.